The first-order valence-corrected chi connectivity index (χ1v) is 5.11. The van der Waals surface area contributed by atoms with Gasteiger partial charge in [-0.1, -0.05) is 42.4 Å². The van der Waals surface area contributed by atoms with Crippen LogP contribution in [0.3, 0.4) is 0 Å². The van der Waals surface area contributed by atoms with Crippen LogP contribution in [-0.4, -0.2) is 11.1 Å². The van der Waals surface area contributed by atoms with Gasteiger partial charge in [0.15, 0.2) is 5.82 Å². The SMILES string of the molecule is CCC(=O)Nc1nocc1-c1ccccc1. The third-order valence-corrected chi connectivity index (χ3v) is 2.23. The summed E-state index contributed by atoms with van der Waals surface area (Å²) in [5.74, 6) is 0.393. The second kappa shape index (κ2) is 4.61. The number of hydrogen-bond acceptors (Lipinski definition) is 3. The van der Waals surface area contributed by atoms with Crippen LogP contribution >= 0.6 is 0 Å². The number of amides is 1. The van der Waals surface area contributed by atoms with Crippen molar-refractivity contribution in [1.29, 1.82) is 0 Å². The zero-order chi connectivity index (χ0) is 11.4. The molecule has 0 aliphatic rings. The van der Waals surface area contributed by atoms with Gasteiger partial charge >= 0.3 is 0 Å². The normalized spacial score (nSPS) is 10.1. The van der Waals surface area contributed by atoms with E-state index < -0.39 is 0 Å². The van der Waals surface area contributed by atoms with E-state index in [9.17, 15) is 4.79 Å². The van der Waals surface area contributed by atoms with Crippen LogP contribution in [0, 0.1) is 0 Å². The Balaban J connectivity index is 2.29. The van der Waals surface area contributed by atoms with Crippen LogP contribution in [0.1, 0.15) is 13.3 Å². The molecule has 0 bridgehead atoms. The molecule has 1 amide bonds. The second-order valence-corrected chi connectivity index (χ2v) is 3.34. The molecule has 0 radical (unpaired) electrons. The summed E-state index contributed by atoms with van der Waals surface area (Å²) in [7, 11) is 0. The molecule has 0 aliphatic carbocycles. The van der Waals surface area contributed by atoms with E-state index in [1.165, 1.54) is 6.26 Å². The molecular formula is C12H12N2O2. The van der Waals surface area contributed by atoms with Crippen LogP contribution in [0.2, 0.25) is 0 Å². The van der Waals surface area contributed by atoms with Crippen LogP contribution in [0.25, 0.3) is 11.1 Å². The van der Waals surface area contributed by atoms with Crippen molar-refractivity contribution in [3.8, 4) is 11.1 Å². The minimum absolute atomic E-state index is 0.0777. The van der Waals surface area contributed by atoms with Crippen LogP contribution in [0.5, 0.6) is 0 Å². The third-order valence-electron chi connectivity index (χ3n) is 2.23. The van der Waals surface area contributed by atoms with Gasteiger partial charge in [-0.05, 0) is 5.56 Å². The monoisotopic (exact) mass is 216 g/mol. The maximum atomic E-state index is 11.3. The molecule has 0 aliphatic heterocycles. The number of carbonyl (C=O) groups is 1. The Hall–Kier alpha value is -2.10. The highest BCUT2D eigenvalue weighted by atomic mass is 16.5. The van der Waals surface area contributed by atoms with Crippen LogP contribution < -0.4 is 5.32 Å². The average molecular weight is 216 g/mol. The van der Waals surface area contributed by atoms with Crippen LogP contribution in [-0.2, 0) is 4.79 Å². The molecule has 1 aromatic carbocycles. The van der Waals surface area contributed by atoms with E-state index in [4.69, 9.17) is 4.52 Å². The van der Waals surface area contributed by atoms with Crippen LogP contribution in [0.15, 0.2) is 41.1 Å². The highest BCUT2D eigenvalue weighted by molar-refractivity contribution is 5.93. The number of hydrogen-bond donors (Lipinski definition) is 1. The molecule has 1 N–H and O–H groups in total. The standard InChI is InChI=1S/C12H12N2O2/c1-2-11(15)13-12-10(8-16-14-12)9-6-4-3-5-7-9/h3-8H,2H2,1H3,(H,13,14,15). The number of benzene rings is 1. The number of carbonyl (C=O) groups excluding carboxylic acids is 1. The number of nitrogens with zero attached hydrogens (tertiary/aromatic N) is 1. The maximum absolute atomic E-state index is 11.3. The Morgan fingerprint density at radius 3 is 2.81 bits per heavy atom. The lowest BCUT2D eigenvalue weighted by Gasteiger charge is -2.01. The largest absolute Gasteiger partial charge is 0.362 e. The van der Waals surface area contributed by atoms with E-state index in [-0.39, 0.29) is 5.91 Å². The average Bonchev–Trinajstić information content (AvgIpc) is 2.78. The Bertz CT molecular complexity index is 477. The Morgan fingerprint density at radius 2 is 2.12 bits per heavy atom. The first kappa shape index (κ1) is 10.4. The second-order valence-electron chi connectivity index (χ2n) is 3.34. The van der Waals surface area contributed by atoms with Crippen molar-refractivity contribution in [3.63, 3.8) is 0 Å². The van der Waals surface area contributed by atoms with Gasteiger partial charge in [-0.15, -0.1) is 0 Å². The summed E-state index contributed by atoms with van der Waals surface area (Å²) < 4.78 is 4.88. The molecule has 0 spiro atoms. The van der Waals surface area contributed by atoms with Crippen molar-refractivity contribution in [2.24, 2.45) is 0 Å². The molecule has 1 aromatic heterocycles. The highest BCUT2D eigenvalue weighted by Crippen LogP contribution is 2.26. The lowest BCUT2D eigenvalue weighted by Crippen LogP contribution is -2.10. The van der Waals surface area contributed by atoms with Gasteiger partial charge in [0.1, 0.15) is 6.26 Å². The quantitative estimate of drug-likeness (QED) is 0.858. The molecule has 0 atom stereocenters. The summed E-state index contributed by atoms with van der Waals surface area (Å²) >= 11 is 0. The predicted octanol–water partition coefficient (Wildman–Crippen LogP) is 2.69. The van der Waals surface area contributed by atoms with Crippen molar-refractivity contribution in [3.05, 3.63) is 36.6 Å². The van der Waals surface area contributed by atoms with E-state index in [2.05, 4.69) is 10.5 Å². The molecule has 4 nitrogen and oxygen atoms in total. The van der Waals surface area contributed by atoms with E-state index in [1.807, 2.05) is 30.3 Å². The maximum Gasteiger partial charge on any atom is 0.225 e. The van der Waals surface area contributed by atoms with Crippen molar-refractivity contribution >= 4 is 11.7 Å². The number of rotatable bonds is 3. The molecule has 16 heavy (non-hydrogen) atoms. The van der Waals surface area contributed by atoms with Crippen molar-refractivity contribution < 1.29 is 9.32 Å². The van der Waals surface area contributed by atoms with Crippen molar-refractivity contribution in [1.82, 2.24) is 5.16 Å². The molecule has 0 saturated heterocycles. The molecule has 0 saturated carbocycles. The van der Waals surface area contributed by atoms with Crippen molar-refractivity contribution in [2.45, 2.75) is 13.3 Å². The van der Waals surface area contributed by atoms with Gasteiger partial charge in [-0.3, -0.25) is 4.79 Å². The van der Waals surface area contributed by atoms with Gasteiger partial charge in [0, 0.05) is 6.42 Å². The number of anilines is 1. The lowest BCUT2D eigenvalue weighted by molar-refractivity contribution is -0.115. The Labute approximate surface area is 93.3 Å². The molecule has 82 valence electrons. The van der Waals surface area contributed by atoms with Gasteiger partial charge in [-0.2, -0.15) is 0 Å². The number of nitrogens with one attached hydrogen (secondary N) is 1. The summed E-state index contributed by atoms with van der Waals surface area (Å²) in [5.41, 5.74) is 1.76. The molecule has 0 fully saturated rings. The predicted molar refractivity (Wildman–Crippen MR) is 60.9 cm³/mol. The minimum atomic E-state index is -0.0777. The molecule has 2 rings (SSSR count). The summed E-state index contributed by atoms with van der Waals surface area (Å²) in [6, 6.07) is 9.66. The zero-order valence-electron chi connectivity index (χ0n) is 8.93. The van der Waals surface area contributed by atoms with E-state index >= 15 is 0 Å². The minimum Gasteiger partial charge on any atom is -0.362 e. The summed E-state index contributed by atoms with van der Waals surface area (Å²) in [5, 5.41) is 6.47. The lowest BCUT2D eigenvalue weighted by atomic mass is 10.1. The summed E-state index contributed by atoms with van der Waals surface area (Å²) in [6.07, 6.45) is 1.95. The van der Waals surface area contributed by atoms with E-state index in [0.717, 1.165) is 11.1 Å². The van der Waals surface area contributed by atoms with E-state index in [0.29, 0.717) is 12.2 Å². The summed E-state index contributed by atoms with van der Waals surface area (Å²) in [6.45, 7) is 1.79. The molecule has 1 heterocycles. The van der Waals surface area contributed by atoms with Gasteiger partial charge in [0.05, 0.1) is 5.56 Å². The fourth-order valence-corrected chi connectivity index (χ4v) is 1.37. The van der Waals surface area contributed by atoms with Crippen molar-refractivity contribution in [2.75, 3.05) is 5.32 Å². The third kappa shape index (κ3) is 2.11. The van der Waals surface area contributed by atoms with Gasteiger partial charge in [0.2, 0.25) is 5.91 Å². The highest BCUT2D eigenvalue weighted by Gasteiger charge is 2.11. The first-order chi connectivity index (χ1) is 7.81. The Morgan fingerprint density at radius 1 is 1.38 bits per heavy atom. The topological polar surface area (TPSA) is 55.1 Å². The molecular weight excluding hydrogens is 204 g/mol. The zero-order valence-corrected chi connectivity index (χ0v) is 8.93. The van der Waals surface area contributed by atoms with Gasteiger partial charge in [0.25, 0.3) is 0 Å². The number of aromatic nitrogens is 1. The van der Waals surface area contributed by atoms with Crippen LogP contribution in [0.4, 0.5) is 5.82 Å². The Kier molecular flexibility index (Phi) is 3.00. The fourth-order valence-electron chi connectivity index (χ4n) is 1.37. The molecule has 4 heteroatoms. The van der Waals surface area contributed by atoms with Gasteiger partial charge < -0.3 is 9.84 Å². The summed E-state index contributed by atoms with van der Waals surface area (Å²) in [4.78, 5) is 11.3. The van der Waals surface area contributed by atoms with E-state index in [1.54, 1.807) is 6.92 Å². The molecule has 0 unspecified atom stereocenters. The van der Waals surface area contributed by atoms with Gasteiger partial charge in [-0.25, -0.2) is 0 Å². The molecule has 2 aromatic rings. The first-order valence-electron chi connectivity index (χ1n) is 5.11. The smallest absolute Gasteiger partial charge is 0.225 e. The fraction of sp³-hybridized carbons (Fsp3) is 0.167.